The van der Waals surface area contributed by atoms with E-state index in [1.807, 2.05) is 0 Å². The number of rotatable bonds is 1. The predicted molar refractivity (Wildman–Crippen MR) is 55.8 cm³/mol. The first-order chi connectivity index (χ1) is 6.47. The normalized spacial score (nSPS) is 27.4. The van der Waals surface area contributed by atoms with Gasteiger partial charge in [-0.3, -0.25) is 4.90 Å². The highest BCUT2D eigenvalue weighted by atomic mass is 15.2. The lowest BCUT2D eigenvalue weighted by Crippen LogP contribution is -2.48. The maximum absolute atomic E-state index is 3.41. The number of allylic oxidation sites excluding steroid dienone is 2. The molecule has 0 radical (unpaired) electrons. The first-order valence-electron chi connectivity index (χ1n) is 5.56. The average Bonchev–Trinajstić information content (AvgIpc) is 2.47. The standard InChI is InChI=1S/C11H20N2/c1-2-4-6-11(5-3-1)13-9-7-12-8-10-13/h1-2,11-12H,3-10H2. The Morgan fingerprint density at radius 1 is 1.00 bits per heavy atom. The van der Waals surface area contributed by atoms with E-state index in [0.717, 1.165) is 6.04 Å². The van der Waals surface area contributed by atoms with Crippen molar-refractivity contribution in [3.8, 4) is 0 Å². The highest BCUT2D eigenvalue weighted by Gasteiger charge is 2.19. The summed E-state index contributed by atoms with van der Waals surface area (Å²) in [4.78, 5) is 2.67. The molecule has 1 aliphatic heterocycles. The fourth-order valence-corrected chi connectivity index (χ4v) is 2.37. The smallest absolute Gasteiger partial charge is 0.0110 e. The zero-order valence-corrected chi connectivity index (χ0v) is 8.34. The summed E-state index contributed by atoms with van der Waals surface area (Å²) in [6, 6.07) is 0.858. The minimum Gasteiger partial charge on any atom is -0.314 e. The van der Waals surface area contributed by atoms with Crippen LogP contribution in [0.4, 0.5) is 0 Å². The van der Waals surface area contributed by atoms with E-state index in [9.17, 15) is 0 Å². The van der Waals surface area contributed by atoms with Crippen LogP contribution in [-0.4, -0.2) is 37.1 Å². The van der Waals surface area contributed by atoms with Gasteiger partial charge in [-0.15, -0.1) is 0 Å². The van der Waals surface area contributed by atoms with Crippen LogP contribution in [0, 0.1) is 0 Å². The van der Waals surface area contributed by atoms with Crippen LogP contribution in [0.2, 0.25) is 0 Å². The first kappa shape index (κ1) is 9.22. The summed E-state index contributed by atoms with van der Waals surface area (Å²) >= 11 is 0. The summed E-state index contributed by atoms with van der Waals surface area (Å²) in [6.45, 7) is 4.88. The number of hydrogen-bond donors (Lipinski definition) is 1. The third kappa shape index (κ3) is 2.55. The van der Waals surface area contributed by atoms with Crippen LogP contribution in [0.15, 0.2) is 12.2 Å². The van der Waals surface area contributed by atoms with Crippen LogP contribution < -0.4 is 5.32 Å². The number of nitrogens with one attached hydrogen (secondary N) is 1. The van der Waals surface area contributed by atoms with Crippen molar-refractivity contribution in [1.29, 1.82) is 0 Å². The van der Waals surface area contributed by atoms with E-state index in [0.29, 0.717) is 0 Å². The molecule has 2 heteroatoms. The van der Waals surface area contributed by atoms with E-state index >= 15 is 0 Å². The molecule has 1 fully saturated rings. The lowest BCUT2D eigenvalue weighted by Gasteiger charge is -2.34. The molecule has 1 aliphatic carbocycles. The van der Waals surface area contributed by atoms with Crippen LogP contribution in [0.1, 0.15) is 25.7 Å². The summed E-state index contributed by atoms with van der Waals surface area (Å²) in [7, 11) is 0. The highest BCUT2D eigenvalue weighted by Crippen LogP contribution is 2.17. The minimum absolute atomic E-state index is 0.858. The zero-order chi connectivity index (χ0) is 8.93. The lowest BCUT2D eigenvalue weighted by molar-refractivity contribution is 0.159. The zero-order valence-electron chi connectivity index (χ0n) is 8.34. The maximum atomic E-state index is 3.41. The monoisotopic (exact) mass is 180 g/mol. The van der Waals surface area contributed by atoms with E-state index in [4.69, 9.17) is 0 Å². The Balaban J connectivity index is 1.83. The van der Waals surface area contributed by atoms with Crippen LogP contribution in [-0.2, 0) is 0 Å². The molecule has 2 rings (SSSR count). The van der Waals surface area contributed by atoms with Crippen LogP contribution in [0.3, 0.4) is 0 Å². The summed E-state index contributed by atoms with van der Waals surface area (Å²) in [5.41, 5.74) is 0. The van der Waals surface area contributed by atoms with Gasteiger partial charge in [0.05, 0.1) is 0 Å². The Hall–Kier alpha value is -0.340. The number of nitrogens with zero attached hydrogens (tertiary/aromatic N) is 1. The predicted octanol–water partition coefficient (Wildman–Crippen LogP) is 1.39. The topological polar surface area (TPSA) is 15.3 Å². The van der Waals surface area contributed by atoms with Gasteiger partial charge in [-0.1, -0.05) is 12.2 Å². The van der Waals surface area contributed by atoms with Gasteiger partial charge < -0.3 is 5.32 Å². The van der Waals surface area contributed by atoms with Crippen molar-refractivity contribution in [2.75, 3.05) is 26.2 Å². The molecule has 0 amide bonds. The molecule has 0 unspecified atom stereocenters. The second-order valence-corrected chi connectivity index (χ2v) is 4.07. The lowest BCUT2D eigenvalue weighted by atomic mass is 10.1. The molecule has 2 aliphatic rings. The molecular formula is C11H20N2. The number of piperazine rings is 1. The fourth-order valence-electron chi connectivity index (χ4n) is 2.37. The second kappa shape index (κ2) is 4.77. The third-order valence-corrected chi connectivity index (χ3v) is 3.17. The van der Waals surface area contributed by atoms with Gasteiger partial charge in [0.2, 0.25) is 0 Å². The van der Waals surface area contributed by atoms with Gasteiger partial charge in [0, 0.05) is 32.2 Å². The average molecular weight is 180 g/mol. The van der Waals surface area contributed by atoms with E-state index < -0.39 is 0 Å². The van der Waals surface area contributed by atoms with Crippen molar-refractivity contribution < 1.29 is 0 Å². The molecule has 2 nitrogen and oxygen atoms in total. The van der Waals surface area contributed by atoms with Gasteiger partial charge in [0.1, 0.15) is 0 Å². The quantitative estimate of drug-likeness (QED) is 0.613. The molecule has 0 spiro atoms. The first-order valence-corrected chi connectivity index (χ1v) is 5.56. The summed E-state index contributed by atoms with van der Waals surface area (Å²) in [5.74, 6) is 0. The SMILES string of the molecule is C1=CCCC(N2CCNCC2)CC1. The molecule has 1 heterocycles. The van der Waals surface area contributed by atoms with Crippen LogP contribution in [0.25, 0.3) is 0 Å². The molecule has 0 aromatic rings. The van der Waals surface area contributed by atoms with Crippen molar-refractivity contribution in [2.45, 2.75) is 31.7 Å². The van der Waals surface area contributed by atoms with Gasteiger partial charge in [0.25, 0.3) is 0 Å². The third-order valence-electron chi connectivity index (χ3n) is 3.17. The highest BCUT2D eigenvalue weighted by molar-refractivity contribution is 4.90. The summed E-state index contributed by atoms with van der Waals surface area (Å²) in [5, 5.41) is 3.41. The van der Waals surface area contributed by atoms with E-state index in [2.05, 4.69) is 22.4 Å². The largest absolute Gasteiger partial charge is 0.314 e. The van der Waals surface area contributed by atoms with Gasteiger partial charge >= 0.3 is 0 Å². The minimum atomic E-state index is 0.858. The van der Waals surface area contributed by atoms with Gasteiger partial charge in [-0.2, -0.15) is 0 Å². The second-order valence-electron chi connectivity index (χ2n) is 4.07. The Bertz CT molecular complexity index is 161. The Labute approximate surface area is 81.0 Å². The van der Waals surface area contributed by atoms with E-state index in [-0.39, 0.29) is 0 Å². The van der Waals surface area contributed by atoms with Crippen molar-refractivity contribution in [3.63, 3.8) is 0 Å². The molecule has 0 aromatic heterocycles. The molecule has 0 aromatic carbocycles. The molecule has 0 bridgehead atoms. The molecular weight excluding hydrogens is 160 g/mol. The molecule has 0 atom stereocenters. The molecule has 1 N–H and O–H groups in total. The van der Waals surface area contributed by atoms with Crippen molar-refractivity contribution in [2.24, 2.45) is 0 Å². The van der Waals surface area contributed by atoms with Crippen LogP contribution in [0.5, 0.6) is 0 Å². The number of hydrogen-bond acceptors (Lipinski definition) is 2. The van der Waals surface area contributed by atoms with Gasteiger partial charge in [-0.25, -0.2) is 0 Å². The fraction of sp³-hybridized carbons (Fsp3) is 0.818. The maximum Gasteiger partial charge on any atom is 0.0110 e. The van der Waals surface area contributed by atoms with Crippen molar-refractivity contribution >= 4 is 0 Å². The Morgan fingerprint density at radius 2 is 1.62 bits per heavy atom. The van der Waals surface area contributed by atoms with Crippen molar-refractivity contribution in [3.05, 3.63) is 12.2 Å². The van der Waals surface area contributed by atoms with Gasteiger partial charge in [0.15, 0.2) is 0 Å². The summed E-state index contributed by atoms with van der Waals surface area (Å²) in [6.07, 6.45) is 10.0. The molecule has 13 heavy (non-hydrogen) atoms. The Kier molecular flexibility index (Phi) is 3.39. The van der Waals surface area contributed by atoms with Crippen molar-refractivity contribution in [1.82, 2.24) is 10.2 Å². The molecule has 74 valence electrons. The molecule has 0 saturated carbocycles. The summed E-state index contributed by atoms with van der Waals surface area (Å²) < 4.78 is 0. The van der Waals surface area contributed by atoms with Crippen LogP contribution >= 0.6 is 0 Å². The molecule has 1 saturated heterocycles. The van der Waals surface area contributed by atoms with E-state index in [1.54, 1.807) is 0 Å². The van der Waals surface area contributed by atoms with Gasteiger partial charge in [-0.05, 0) is 25.7 Å². The Morgan fingerprint density at radius 3 is 2.23 bits per heavy atom. The van der Waals surface area contributed by atoms with E-state index in [1.165, 1.54) is 51.9 Å².